The summed E-state index contributed by atoms with van der Waals surface area (Å²) in [4.78, 5) is 39.4. The van der Waals surface area contributed by atoms with Gasteiger partial charge in [0.15, 0.2) is 0 Å². The Balaban J connectivity index is 1.24. The van der Waals surface area contributed by atoms with Crippen LogP contribution in [0.25, 0.3) is 16.8 Å². The summed E-state index contributed by atoms with van der Waals surface area (Å²) in [5.41, 5.74) is 2.31. The zero-order valence-corrected chi connectivity index (χ0v) is 23.0. The third-order valence-corrected chi connectivity index (χ3v) is 7.58. The molecule has 0 bridgehead atoms. The van der Waals surface area contributed by atoms with Crippen LogP contribution in [-0.4, -0.2) is 28.5 Å². The van der Waals surface area contributed by atoms with Crippen LogP contribution in [0.2, 0.25) is 5.02 Å². The number of imide groups is 1. The number of thioether (sulfide) groups is 1. The summed E-state index contributed by atoms with van der Waals surface area (Å²) in [6.07, 6.45) is 1.63. The molecule has 38 heavy (non-hydrogen) atoms. The fraction of sp³-hybridized carbons (Fsp3) is 0.0690. The maximum Gasteiger partial charge on any atom is 0.294 e. The van der Waals surface area contributed by atoms with E-state index in [0.717, 1.165) is 33.0 Å². The fourth-order valence-corrected chi connectivity index (χ4v) is 5.40. The fourth-order valence-electron chi connectivity index (χ4n) is 3.92. The van der Waals surface area contributed by atoms with Gasteiger partial charge in [-0.3, -0.25) is 19.3 Å². The monoisotopic (exact) mass is 606 g/mol. The minimum Gasteiger partial charge on any atom is -0.488 e. The summed E-state index contributed by atoms with van der Waals surface area (Å²) in [5, 5.41) is 4.85. The summed E-state index contributed by atoms with van der Waals surface area (Å²) in [6.45, 7) is 0.00123. The molecule has 0 radical (unpaired) electrons. The van der Waals surface area contributed by atoms with E-state index in [4.69, 9.17) is 16.3 Å². The van der Waals surface area contributed by atoms with Crippen LogP contribution >= 0.6 is 39.3 Å². The van der Waals surface area contributed by atoms with Gasteiger partial charge in [0.2, 0.25) is 5.91 Å². The van der Waals surface area contributed by atoms with Crippen molar-refractivity contribution < 1.29 is 19.1 Å². The first-order chi connectivity index (χ1) is 18.4. The van der Waals surface area contributed by atoms with Gasteiger partial charge in [-0.25, -0.2) is 0 Å². The smallest absolute Gasteiger partial charge is 0.294 e. The van der Waals surface area contributed by atoms with Gasteiger partial charge < -0.3 is 10.1 Å². The number of halogens is 2. The summed E-state index contributed by atoms with van der Waals surface area (Å²) in [6, 6.07) is 26.0. The lowest BCUT2D eigenvalue weighted by molar-refractivity contribution is -0.127. The molecule has 190 valence electrons. The van der Waals surface area contributed by atoms with E-state index in [1.807, 2.05) is 48.5 Å². The summed E-state index contributed by atoms with van der Waals surface area (Å²) in [5.74, 6) is -0.322. The molecule has 1 fully saturated rings. The number of carbonyl (C=O) groups excluding carboxylic acids is 3. The Hall–Kier alpha value is -3.59. The number of nitrogens with one attached hydrogen (secondary N) is 1. The molecule has 0 atom stereocenters. The van der Waals surface area contributed by atoms with Crippen molar-refractivity contribution in [3.8, 4) is 5.75 Å². The molecule has 1 aliphatic heterocycles. The Kier molecular flexibility index (Phi) is 7.83. The Morgan fingerprint density at radius 1 is 1.00 bits per heavy atom. The highest BCUT2D eigenvalue weighted by Crippen LogP contribution is 2.34. The summed E-state index contributed by atoms with van der Waals surface area (Å²) >= 11 is 10.2. The second-order valence-electron chi connectivity index (χ2n) is 8.45. The third kappa shape index (κ3) is 5.93. The Morgan fingerprint density at radius 2 is 1.76 bits per heavy atom. The molecule has 1 heterocycles. The van der Waals surface area contributed by atoms with E-state index in [9.17, 15) is 14.4 Å². The van der Waals surface area contributed by atoms with Gasteiger partial charge in [-0.2, -0.15) is 0 Å². The van der Waals surface area contributed by atoms with Crippen molar-refractivity contribution >= 4 is 78.9 Å². The molecule has 0 aromatic heterocycles. The second kappa shape index (κ2) is 11.4. The highest BCUT2D eigenvalue weighted by molar-refractivity contribution is 9.10. The lowest BCUT2D eigenvalue weighted by atomic mass is 10.1. The van der Waals surface area contributed by atoms with Gasteiger partial charge in [-0.05, 0) is 80.6 Å². The predicted molar refractivity (Wildman–Crippen MR) is 155 cm³/mol. The number of anilines is 1. The first kappa shape index (κ1) is 26.0. The Labute approximate surface area is 236 Å². The SMILES string of the molecule is O=C(CN1C(=O)S/C(=C/c2ccc(OCc3ccc(Cl)cc3)c(Br)c2)C1=O)Nc1cccc2ccccc12. The molecule has 1 N–H and O–H groups in total. The number of rotatable bonds is 7. The number of benzene rings is 4. The van der Waals surface area contributed by atoms with Crippen LogP contribution in [0.15, 0.2) is 94.3 Å². The predicted octanol–water partition coefficient (Wildman–Crippen LogP) is 7.51. The topological polar surface area (TPSA) is 75.7 Å². The van der Waals surface area contributed by atoms with E-state index < -0.39 is 17.1 Å². The van der Waals surface area contributed by atoms with Crippen LogP contribution in [0, 0.1) is 0 Å². The summed E-state index contributed by atoms with van der Waals surface area (Å²) in [7, 11) is 0. The van der Waals surface area contributed by atoms with Crippen molar-refractivity contribution in [3.05, 3.63) is 110 Å². The van der Waals surface area contributed by atoms with Crippen LogP contribution in [0.4, 0.5) is 10.5 Å². The van der Waals surface area contributed by atoms with Crippen molar-refractivity contribution in [3.63, 3.8) is 0 Å². The molecule has 1 saturated heterocycles. The molecule has 6 nitrogen and oxygen atoms in total. The molecular formula is C29H20BrClN2O4S. The molecule has 0 aliphatic carbocycles. The number of fused-ring (bicyclic) bond motifs is 1. The maximum atomic E-state index is 12.9. The van der Waals surface area contributed by atoms with Crippen molar-refractivity contribution in [2.45, 2.75) is 6.61 Å². The number of ether oxygens (including phenoxy) is 1. The third-order valence-electron chi connectivity index (χ3n) is 5.80. The van der Waals surface area contributed by atoms with Gasteiger partial charge >= 0.3 is 0 Å². The van der Waals surface area contributed by atoms with Gasteiger partial charge in [-0.15, -0.1) is 0 Å². The number of carbonyl (C=O) groups is 3. The quantitative estimate of drug-likeness (QED) is 0.220. The van der Waals surface area contributed by atoms with E-state index in [0.29, 0.717) is 33.1 Å². The van der Waals surface area contributed by atoms with E-state index in [-0.39, 0.29) is 11.4 Å². The standard InChI is InChI=1S/C29H20BrClN2O4S/c30-23-14-19(10-13-25(23)37-17-18-8-11-21(31)12-9-18)15-26-28(35)33(29(36)38-26)16-27(34)32-24-7-3-5-20-4-1-2-6-22(20)24/h1-15H,16-17H2,(H,32,34)/b26-15+. The van der Waals surface area contributed by atoms with Gasteiger partial charge in [0, 0.05) is 16.1 Å². The highest BCUT2D eigenvalue weighted by atomic mass is 79.9. The van der Waals surface area contributed by atoms with Crippen LogP contribution in [0.1, 0.15) is 11.1 Å². The van der Waals surface area contributed by atoms with E-state index in [1.54, 1.807) is 42.5 Å². The minimum atomic E-state index is -0.507. The van der Waals surface area contributed by atoms with Crippen molar-refractivity contribution in [1.29, 1.82) is 0 Å². The van der Waals surface area contributed by atoms with Gasteiger partial charge in [-0.1, -0.05) is 66.2 Å². The Bertz CT molecular complexity index is 1580. The lowest BCUT2D eigenvalue weighted by Crippen LogP contribution is -2.36. The maximum absolute atomic E-state index is 12.9. The average Bonchev–Trinajstić information content (AvgIpc) is 3.16. The summed E-state index contributed by atoms with van der Waals surface area (Å²) < 4.78 is 6.58. The Morgan fingerprint density at radius 3 is 2.55 bits per heavy atom. The molecular weight excluding hydrogens is 588 g/mol. The molecule has 1 aliphatic rings. The van der Waals surface area contributed by atoms with Crippen molar-refractivity contribution in [2.75, 3.05) is 11.9 Å². The number of nitrogens with zero attached hydrogens (tertiary/aromatic N) is 1. The molecule has 9 heteroatoms. The largest absolute Gasteiger partial charge is 0.488 e. The van der Waals surface area contributed by atoms with Crippen molar-refractivity contribution in [1.82, 2.24) is 4.90 Å². The molecule has 3 amide bonds. The molecule has 4 aromatic carbocycles. The normalized spacial score (nSPS) is 14.4. The zero-order chi connectivity index (χ0) is 26.6. The van der Waals surface area contributed by atoms with Crippen molar-refractivity contribution in [2.24, 2.45) is 0 Å². The first-order valence-electron chi connectivity index (χ1n) is 11.6. The van der Waals surface area contributed by atoms with Crippen LogP contribution in [0.5, 0.6) is 5.75 Å². The first-order valence-corrected chi connectivity index (χ1v) is 13.6. The van der Waals surface area contributed by atoms with Crippen LogP contribution < -0.4 is 10.1 Å². The zero-order valence-electron chi connectivity index (χ0n) is 19.8. The lowest BCUT2D eigenvalue weighted by Gasteiger charge is -2.13. The molecule has 0 saturated carbocycles. The second-order valence-corrected chi connectivity index (χ2v) is 10.7. The van der Waals surface area contributed by atoms with E-state index in [1.165, 1.54) is 0 Å². The number of hydrogen-bond acceptors (Lipinski definition) is 5. The number of amides is 3. The van der Waals surface area contributed by atoms with Gasteiger partial charge in [0.1, 0.15) is 18.9 Å². The molecule has 0 unspecified atom stereocenters. The average molecular weight is 608 g/mol. The van der Waals surface area contributed by atoms with Gasteiger partial charge in [0.25, 0.3) is 11.1 Å². The number of hydrogen-bond donors (Lipinski definition) is 1. The minimum absolute atomic E-state index is 0.245. The van der Waals surface area contributed by atoms with E-state index in [2.05, 4.69) is 21.2 Å². The van der Waals surface area contributed by atoms with Gasteiger partial charge in [0.05, 0.1) is 9.38 Å². The van der Waals surface area contributed by atoms with Crippen LogP contribution in [-0.2, 0) is 16.2 Å². The molecule has 4 aromatic rings. The highest BCUT2D eigenvalue weighted by Gasteiger charge is 2.36. The van der Waals surface area contributed by atoms with Crippen LogP contribution in [0.3, 0.4) is 0 Å². The molecule has 0 spiro atoms. The molecule has 5 rings (SSSR count). The van der Waals surface area contributed by atoms with E-state index >= 15 is 0 Å².